The summed E-state index contributed by atoms with van der Waals surface area (Å²) in [5.41, 5.74) is -0.196. The third kappa shape index (κ3) is 4.99. The average Bonchev–Trinajstić information content (AvgIpc) is 3.28. The number of aliphatic hydroxyl groups is 2. The highest BCUT2D eigenvalue weighted by Gasteiger charge is 2.37. The Labute approximate surface area is 203 Å². The Morgan fingerprint density at radius 3 is 2.69 bits per heavy atom. The van der Waals surface area contributed by atoms with Crippen molar-refractivity contribution in [2.75, 3.05) is 18.5 Å². The minimum absolute atomic E-state index is 0.0329. The number of imidazole rings is 1. The maximum atomic E-state index is 14.1. The van der Waals surface area contributed by atoms with Crippen molar-refractivity contribution in [2.24, 2.45) is 0 Å². The molecule has 0 bridgehead atoms. The van der Waals surface area contributed by atoms with Crippen LogP contribution in [-0.4, -0.2) is 55.0 Å². The maximum Gasteiger partial charge on any atom is 0.418 e. The zero-order valence-electron chi connectivity index (χ0n) is 19.2. The van der Waals surface area contributed by atoms with Gasteiger partial charge in [-0.1, -0.05) is 6.07 Å². The van der Waals surface area contributed by atoms with E-state index in [1.165, 1.54) is 42.9 Å². The number of benzene rings is 1. The van der Waals surface area contributed by atoms with E-state index in [4.69, 9.17) is 9.84 Å². The van der Waals surface area contributed by atoms with E-state index in [0.29, 0.717) is 22.5 Å². The monoisotopic (exact) mass is 501 g/mol. The molecule has 9 nitrogen and oxygen atoms in total. The number of aromatic nitrogens is 4. The van der Waals surface area contributed by atoms with Crippen molar-refractivity contribution in [2.45, 2.75) is 26.1 Å². The number of rotatable bonds is 7. The first-order valence-electron chi connectivity index (χ1n) is 10.8. The SMILES string of the molecule is Cc1c(-c2cccc(OC[C@H](O)CO)n2)cc(NC(=O)c2cnc3cccnn23)c(C(F)(F)F)c1C. The summed E-state index contributed by atoms with van der Waals surface area (Å²) in [4.78, 5) is 21.4. The second-order valence-electron chi connectivity index (χ2n) is 7.99. The number of halogens is 3. The van der Waals surface area contributed by atoms with Crippen LogP contribution in [-0.2, 0) is 6.18 Å². The first-order chi connectivity index (χ1) is 17.1. The number of amides is 1. The summed E-state index contributed by atoms with van der Waals surface area (Å²) >= 11 is 0. The molecule has 0 aliphatic heterocycles. The summed E-state index contributed by atoms with van der Waals surface area (Å²) in [6.45, 7) is 2.14. The van der Waals surface area contributed by atoms with Crippen molar-refractivity contribution in [3.05, 3.63) is 71.2 Å². The molecule has 0 saturated heterocycles. The molecule has 1 amide bonds. The number of pyridine rings is 1. The summed E-state index contributed by atoms with van der Waals surface area (Å²) in [6, 6.07) is 9.15. The number of hydrogen-bond acceptors (Lipinski definition) is 7. The van der Waals surface area contributed by atoms with Gasteiger partial charge in [-0.05, 0) is 49.2 Å². The van der Waals surface area contributed by atoms with Crippen molar-refractivity contribution in [1.82, 2.24) is 19.6 Å². The zero-order valence-corrected chi connectivity index (χ0v) is 19.2. The van der Waals surface area contributed by atoms with Crippen LogP contribution in [0.5, 0.6) is 5.88 Å². The number of carbonyl (C=O) groups is 1. The van der Waals surface area contributed by atoms with Crippen LogP contribution in [0.2, 0.25) is 0 Å². The molecular formula is C24H22F3N5O4. The van der Waals surface area contributed by atoms with Crippen LogP contribution < -0.4 is 10.1 Å². The molecule has 36 heavy (non-hydrogen) atoms. The first-order valence-corrected chi connectivity index (χ1v) is 10.8. The molecule has 3 aromatic heterocycles. The van der Waals surface area contributed by atoms with Crippen molar-refractivity contribution in [3.8, 4) is 17.1 Å². The second-order valence-corrected chi connectivity index (χ2v) is 7.99. The fraction of sp³-hybridized carbons (Fsp3) is 0.250. The molecule has 0 spiro atoms. The molecule has 3 heterocycles. The standard InChI is InChI=1S/C24H22F3N5O4/c1-13-14(2)22(24(25,26)27)18(31-23(35)19-10-28-20-6-4-8-29-32(19)20)9-16(13)17-5-3-7-21(30-17)36-12-15(34)11-33/h3-10,15,33-34H,11-12H2,1-2H3,(H,31,35)/t15-/m1/s1. The molecule has 0 fully saturated rings. The summed E-state index contributed by atoms with van der Waals surface area (Å²) in [6.07, 6.45) is -3.19. The Bertz CT molecular complexity index is 1420. The Balaban J connectivity index is 1.77. The number of nitrogens with zero attached hydrogens (tertiary/aromatic N) is 4. The predicted molar refractivity (Wildman–Crippen MR) is 124 cm³/mol. The average molecular weight is 501 g/mol. The van der Waals surface area contributed by atoms with E-state index < -0.39 is 36.0 Å². The van der Waals surface area contributed by atoms with Crippen molar-refractivity contribution in [1.29, 1.82) is 0 Å². The van der Waals surface area contributed by atoms with Gasteiger partial charge in [-0.3, -0.25) is 4.79 Å². The third-order valence-electron chi connectivity index (χ3n) is 5.58. The van der Waals surface area contributed by atoms with E-state index in [1.807, 2.05) is 0 Å². The highest BCUT2D eigenvalue weighted by Crippen LogP contribution is 2.42. The van der Waals surface area contributed by atoms with E-state index in [9.17, 15) is 23.1 Å². The molecule has 0 saturated carbocycles. The second kappa shape index (κ2) is 9.91. The van der Waals surface area contributed by atoms with E-state index in [0.717, 1.165) is 0 Å². The van der Waals surface area contributed by atoms with E-state index in [2.05, 4.69) is 20.4 Å². The maximum absolute atomic E-state index is 14.1. The number of hydrogen-bond donors (Lipinski definition) is 3. The van der Waals surface area contributed by atoms with Crippen LogP contribution in [0.15, 0.2) is 48.8 Å². The molecule has 0 unspecified atom stereocenters. The first kappa shape index (κ1) is 25.1. The summed E-state index contributed by atoms with van der Waals surface area (Å²) in [5.74, 6) is -0.705. The lowest BCUT2D eigenvalue weighted by Crippen LogP contribution is -2.21. The Kier molecular flexibility index (Phi) is 6.91. The van der Waals surface area contributed by atoms with Crippen LogP contribution in [0.25, 0.3) is 16.9 Å². The van der Waals surface area contributed by atoms with Gasteiger partial charge in [0.1, 0.15) is 12.7 Å². The fourth-order valence-electron chi connectivity index (χ4n) is 3.70. The topological polar surface area (TPSA) is 122 Å². The zero-order chi connectivity index (χ0) is 26.0. The van der Waals surface area contributed by atoms with Gasteiger partial charge in [0.05, 0.1) is 29.7 Å². The van der Waals surface area contributed by atoms with Gasteiger partial charge in [-0.25, -0.2) is 14.5 Å². The number of nitrogens with one attached hydrogen (secondary N) is 1. The number of carbonyl (C=O) groups excluding carboxylic acids is 1. The van der Waals surface area contributed by atoms with Crippen LogP contribution in [0.3, 0.4) is 0 Å². The number of alkyl halides is 3. The Hall–Kier alpha value is -4.03. The number of ether oxygens (including phenoxy) is 1. The Morgan fingerprint density at radius 2 is 1.97 bits per heavy atom. The number of anilines is 1. The molecule has 1 aromatic carbocycles. The van der Waals surface area contributed by atoms with Crippen LogP contribution >= 0.6 is 0 Å². The quantitative estimate of drug-likeness (QED) is 0.355. The highest BCUT2D eigenvalue weighted by atomic mass is 19.4. The van der Waals surface area contributed by atoms with Crippen LogP contribution in [0.1, 0.15) is 27.2 Å². The van der Waals surface area contributed by atoms with E-state index in [-0.39, 0.29) is 23.7 Å². The summed E-state index contributed by atoms with van der Waals surface area (Å²) in [5, 5.41) is 24.8. The minimum Gasteiger partial charge on any atom is -0.475 e. The van der Waals surface area contributed by atoms with Gasteiger partial charge in [-0.15, -0.1) is 0 Å². The van der Waals surface area contributed by atoms with Gasteiger partial charge in [0.2, 0.25) is 5.88 Å². The molecule has 4 aromatic rings. The molecule has 3 N–H and O–H groups in total. The molecular weight excluding hydrogens is 479 g/mol. The van der Waals surface area contributed by atoms with Crippen LogP contribution in [0.4, 0.5) is 18.9 Å². The van der Waals surface area contributed by atoms with Crippen LogP contribution in [0, 0.1) is 13.8 Å². The lowest BCUT2D eigenvalue weighted by atomic mass is 9.93. The Morgan fingerprint density at radius 1 is 1.19 bits per heavy atom. The smallest absolute Gasteiger partial charge is 0.418 e. The van der Waals surface area contributed by atoms with E-state index in [1.54, 1.807) is 24.3 Å². The summed E-state index contributed by atoms with van der Waals surface area (Å²) in [7, 11) is 0. The highest BCUT2D eigenvalue weighted by molar-refractivity contribution is 6.04. The fourth-order valence-corrected chi connectivity index (χ4v) is 3.70. The van der Waals surface area contributed by atoms with Crippen molar-refractivity contribution in [3.63, 3.8) is 0 Å². The molecule has 4 rings (SSSR count). The molecule has 12 heteroatoms. The molecule has 0 radical (unpaired) electrons. The number of fused-ring (bicyclic) bond motifs is 1. The van der Waals surface area contributed by atoms with E-state index >= 15 is 0 Å². The molecule has 0 aliphatic carbocycles. The summed E-state index contributed by atoms with van der Waals surface area (Å²) < 4.78 is 48.8. The van der Waals surface area contributed by atoms with Crippen molar-refractivity contribution < 1.29 is 32.9 Å². The molecule has 0 aliphatic rings. The lowest BCUT2D eigenvalue weighted by molar-refractivity contribution is -0.137. The van der Waals surface area contributed by atoms with Gasteiger partial charge < -0.3 is 20.3 Å². The lowest BCUT2D eigenvalue weighted by Gasteiger charge is -2.21. The third-order valence-corrected chi connectivity index (χ3v) is 5.58. The van der Waals surface area contributed by atoms with Crippen molar-refractivity contribution >= 4 is 17.2 Å². The van der Waals surface area contributed by atoms with Gasteiger partial charge in [-0.2, -0.15) is 18.3 Å². The minimum atomic E-state index is -4.74. The molecule has 188 valence electrons. The normalized spacial score (nSPS) is 12.5. The van der Waals surface area contributed by atoms with Gasteiger partial charge in [0, 0.05) is 17.8 Å². The van der Waals surface area contributed by atoms with Gasteiger partial charge in [0.15, 0.2) is 11.3 Å². The van der Waals surface area contributed by atoms with Gasteiger partial charge in [0.25, 0.3) is 5.91 Å². The number of aliphatic hydroxyl groups excluding tert-OH is 2. The largest absolute Gasteiger partial charge is 0.475 e. The van der Waals surface area contributed by atoms with Gasteiger partial charge >= 0.3 is 6.18 Å². The molecule has 1 atom stereocenters. The predicted octanol–water partition coefficient (Wildman–Crippen LogP) is 3.41.